The maximum absolute atomic E-state index is 14.4. The topological polar surface area (TPSA) is 62.8 Å². The Morgan fingerprint density at radius 2 is 1.88 bits per heavy atom. The summed E-state index contributed by atoms with van der Waals surface area (Å²) in [6.45, 7) is 8.07. The molecule has 1 aliphatic heterocycles. The molecule has 1 aliphatic carbocycles. The van der Waals surface area contributed by atoms with Gasteiger partial charge in [0.1, 0.15) is 11.6 Å². The molecule has 2 aromatic rings. The number of halogens is 2. The van der Waals surface area contributed by atoms with Crippen molar-refractivity contribution in [2.45, 2.75) is 71.0 Å². The van der Waals surface area contributed by atoms with Crippen molar-refractivity contribution in [3.63, 3.8) is 0 Å². The van der Waals surface area contributed by atoms with Gasteiger partial charge in [0.15, 0.2) is 11.5 Å². The summed E-state index contributed by atoms with van der Waals surface area (Å²) in [7, 11) is 3.11. The van der Waals surface area contributed by atoms with Gasteiger partial charge in [-0.25, -0.2) is 8.78 Å². The molecule has 0 aromatic heterocycles. The summed E-state index contributed by atoms with van der Waals surface area (Å²) in [6.07, 6.45) is 7.61. The Kier molecular flexibility index (Phi) is 10.8. The number of nitrogens with zero attached hydrogens (tertiary/aromatic N) is 1. The van der Waals surface area contributed by atoms with Crippen LogP contribution in [0.1, 0.15) is 68.8 Å². The van der Waals surface area contributed by atoms with Gasteiger partial charge in [-0.1, -0.05) is 25.5 Å². The van der Waals surface area contributed by atoms with Crippen molar-refractivity contribution in [2.75, 3.05) is 33.9 Å². The quantitative estimate of drug-likeness (QED) is 0.325. The van der Waals surface area contributed by atoms with Gasteiger partial charge in [0.25, 0.3) is 5.91 Å². The molecule has 6 nitrogen and oxygen atoms in total. The normalized spacial score (nSPS) is 22.8. The van der Waals surface area contributed by atoms with E-state index in [2.05, 4.69) is 24.5 Å². The van der Waals surface area contributed by atoms with Crippen molar-refractivity contribution in [1.82, 2.24) is 15.5 Å². The average molecular weight is 570 g/mol. The van der Waals surface area contributed by atoms with E-state index in [0.29, 0.717) is 59.6 Å². The number of carbonyl (C=O) groups excluding carboxylic acids is 1. The first-order valence-electron chi connectivity index (χ1n) is 14.8. The maximum atomic E-state index is 14.4. The number of ether oxygens (including phenoxy) is 2. The van der Waals surface area contributed by atoms with Gasteiger partial charge in [-0.2, -0.15) is 0 Å². The summed E-state index contributed by atoms with van der Waals surface area (Å²) in [4.78, 5) is 15.8. The standard InChI is InChI=1S/C33H45F2N3O3/c1-21(2)37-28-10-6-23(16-28)15-25-12-13-36-30(25)20-38(19-22(3)14-24-7-9-27(34)18-29(24)35)33(39)26-8-11-31(40-4)32(17-26)41-5/h7-9,11,14,17-18,21,23,25,28,30,36-37H,6,10,12-13,15-16,19-20H2,1-5H3/t23-,25?,28+,30+/m0/s1. The van der Waals surface area contributed by atoms with Gasteiger partial charge in [0.05, 0.1) is 14.2 Å². The number of amides is 1. The fraction of sp³-hybridized carbons (Fsp3) is 0.545. The second-order valence-electron chi connectivity index (χ2n) is 12.0. The smallest absolute Gasteiger partial charge is 0.254 e. The van der Waals surface area contributed by atoms with Crippen LogP contribution >= 0.6 is 0 Å². The predicted octanol–water partition coefficient (Wildman–Crippen LogP) is 6.06. The molecule has 4 rings (SSSR count). The molecule has 1 unspecified atom stereocenters. The van der Waals surface area contributed by atoms with Crippen LogP contribution in [0.25, 0.3) is 6.08 Å². The Balaban J connectivity index is 1.53. The average Bonchev–Trinajstić information content (AvgIpc) is 3.57. The molecular formula is C33H45F2N3O3. The maximum Gasteiger partial charge on any atom is 0.254 e. The van der Waals surface area contributed by atoms with E-state index in [4.69, 9.17) is 9.47 Å². The molecule has 1 heterocycles. The van der Waals surface area contributed by atoms with Crippen molar-refractivity contribution in [1.29, 1.82) is 0 Å². The molecule has 0 bridgehead atoms. The fourth-order valence-electron chi connectivity index (χ4n) is 6.50. The van der Waals surface area contributed by atoms with Gasteiger partial charge in [0.2, 0.25) is 0 Å². The first kappa shape index (κ1) is 31.0. The van der Waals surface area contributed by atoms with Gasteiger partial charge in [-0.15, -0.1) is 0 Å². The van der Waals surface area contributed by atoms with Crippen LogP contribution < -0.4 is 20.1 Å². The minimum Gasteiger partial charge on any atom is -0.493 e. The van der Waals surface area contributed by atoms with Gasteiger partial charge in [-0.05, 0) is 87.7 Å². The summed E-state index contributed by atoms with van der Waals surface area (Å²) in [5.41, 5.74) is 1.60. The van der Waals surface area contributed by atoms with Crippen molar-refractivity contribution in [2.24, 2.45) is 11.8 Å². The van der Waals surface area contributed by atoms with Crippen molar-refractivity contribution >= 4 is 12.0 Å². The summed E-state index contributed by atoms with van der Waals surface area (Å²) in [6, 6.07) is 9.99. The number of hydrogen-bond donors (Lipinski definition) is 2. The minimum atomic E-state index is -0.624. The Bertz CT molecular complexity index is 1220. The van der Waals surface area contributed by atoms with E-state index in [1.165, 1.54) is 31.4 Å². The van der Waals surface area contributed by atoms with Gasteiger partial charge < -0.3 is 25.0 Å². The van der Waals surface area contributed by atoms with Crippen LogP contribution in [0.2, 0.25) is 0 Å². The first-order chi connectivity index (χ1) is 19.7. The highest BCUT2D eigenvalue weighted by molar-refractivity contribution is 5.95. The summed E-state index contributed by atoms with van der Waals surface area (Å²) in [5.74, 6) is 0.845. The van der Waals surface area contributed by atoms with E-state index < -0.39 is 11.6 Å². The fourth-order valence-corrected chi connectivity index (χ4v) is 6.50. The van der Waals surface area contributed by atoms with Crippen LogP contribution in [0.15, 0.2) is 42.0 Å². The summed E-state index contributed by atoms with van der Waals surface area (Å²) in [5, 5.41) is 7.36. The number of hydrogen-bond acceptors (Lipinski definition) is 5. The van der Waals surface area contributed by atoms with E-state index in [1.807, 2.05) is 11.8 Å². The number of carbonyl (C=O) groups is 1. The Morgan fingerprint density at radius 1 is 1.10 bits per heavy atom. The number of methoxy groups -OCH3 is 2. The molecular weight excluding hydrogens is 524 g/mol. The second-order valence-corrected chi connectivity index (χ2v) is 12.0. The van der Waals surface area contributed by atoms with E-state index >= 15 is 0 Å². The Labute approximate surface area is 243 Å². The molecule has 2 aromatic carbocycles. The van der Waals surface area contributed by atoms with E-state index in [-0.39, 0.29) is 11.9 Å². The van der Waals surface area contributed by atoms with Crippen LogP contribution in [-0.4, -0.2) is 62.8 Å². The zero-order valence-corrected chi connectivity index (χ0v) is 25.0. The third-order valence-corrected chi connectivity index (χ3v) is 8.38. The van der Waals surface area contributed by atoms with Crippen LogP contribution in [0, 0.1) is 23.5 Å². The zero-order chi connectivity index (χ0) is 29.5. The third-order valence-electron chi connectivity index (χ3n) is 8.38. The molecule has 1 saturated heterocycles. The largest absolute Gasteiger partial charge is 0.493 e. The highest BCUT2D eigenvalue weighted by Crippen LogP contribution is 2.35. The van der Waals surface area contributed by atoms with Crippen LogP contribution in [-0.2, 0) is 0 Å². The monoisotopic (exact) mass is 569 g/mol. The molecule has 41 heavy (non-hydrogen) atoms. The summed E-state index contributed by atoms with van der Waals surface area (Å²) >= 11 is 0. The molecule has 224 valence electrons. The molecule has 1 saturated carbocycles. The molecule has 2 fully saturated rings. The van der Waals surface area contributed by atoms with E-state index in [0.717, 1.165) is 31.0 Å². The lowest BCUT2D eigenvalue weighted by Crippen LogP contribution is -2.44. The Hall–Kier alpha value is -2.97. The molecule has 0 radical (unpaired) electrons. The zero-order valence-electron chi connectivity index (χ0n) is 25.0. The SMILES string of the molecule is COc1ccc(C(=O)N(CC(C)=Cc2ccc(F)cc2F)C[C@H]2NCCC2C[C@@H]2CC[C@@H](NC(C)C)C2)cc1OC. The highest BCUT2D eigenvalue weighted by Gasteiger charge is 2.34. The molecule has 2 N–H and O–H groups in total. The molecule has 0 spiro atoms. The number of nitrogens with one attached hydrogen (secondary N) is 2. The van der Waals surface area contributed by atoms with E-state index in [9.17, 15) is 13.6 Å². The van der Waals surface area contributed by atoms with Crippen LogP contribution in [0.3, 0.4) is 0 Å². The molecule has 1 amide bonds. The number of benzene rings is 2. The minimum absolute atomic E-state index is 0.132. The van der Waals surface area contributed by atoms with Crippen molar-refractivity contribution in [3.8, 4) is 11.5 Å². The molecule has 8 heteroatoms. The van der Waals surface area contributed by atoms with Crippen molar-refractivity contribution in [3.05, 3.63) is 64.7 Å². The van der Waals surface area contributed by atoms with Gasteiger partial charge in [0, 0.05) is 48.4 Å². The van der Waals surface area contributed by atoms with Crippen LogP contribution in [0.4, 0.5) is 8.78 Å². The molecule has 2 aliphatic rings. The second kappa shape index (κ2) is 14.3. The third kappa shape index (κ3) is 8.29. The van der Waals surface area contributed by atoms with Crippen molar-refractivity contribution < 1.29 is 23.0 Å². The van der Waals surface area contributed by atoms with Gasteiger partial charge in [-0.3, -0.25) is 4.79 Å². The van der Waals surface area contributed by atoms with E-state index in [1.54, 1.807) is 38.5 Å². The lowest BCUT2D eigenvalue weighted by atomic mass is 9.87. The summed E-state index contributed by atoms with van der Waals surface area (Å²) < 4.78 is 38.6. The Morgan fingerprint density at radius 3 is 2.59 bits per heavy atom. The lowest BCUT2D eigenvalue weighted by Gasteiger charge is -2.30. The number of rotatable bonds is 12. The predicted molar refractivity (Wildman–Crippen MR) is 159 cm³/mol. The van der Waals surface area contributed by atoms with Gasteiger partial charge >= 0.3 is 0 Å². The first-order valence-corrected chi connectivity index (χ1v) is 14.8. The highest BCUT2D eigenvalue weighted by atomic mass is 19.1. The lowest BCUT2D eigenvalue weighted by molar-refractivity contribution is 0.0745. The van der Waals surface area contributed by atoms with Crippen LogP contribution in [0.5, 0.6) is 11.5 Å². The molecule has 4 atom stereocenters.